The number of phenolic OH excluding ortho intramolecular Hbond substituents is 1. The van der Waals surface area contributed by atoms with Crippen LogP contribution in [0.2, 0.25) is 0 Å². The predicted octanol–water partition coefficient (Wildman–Crippen LogP) is 3.28. The summed E-state index contributed by atoms with van der Waals surface area (Å²) in [6.07, 6.45) is 0. The summed E-state index contributed by atoms with van der Waals surface area (Å²) in [7, 11) is 0. The maximum absolute atomic E-state index is 9.51. The highest BCUT2D eigenvalue weighted by Gasteiger charge is 2.00. The molecule has 0 saturated carbocycles. The van der Waals surface area contributed by atoms with Gasteiger partial charge in [-0.05, 0) is 24.6 Å². The van der Waals surface area contributed by atoms with E-state index in [0.717, 1.165) is 5.56 Å². The Morgan fingerprint density at radius 2 is 1.69 bits per heavy atom. The van der Waals surface area contributed by atoms with Crippen molar-refractivity contribution >= 4 is 0 Å². The third-order valence-corrected chi connectivity index (χ3v) is 2.38. The average molecular weight is 214 g/mol. The lowest BCUT2D eigenvalue weighted by atomic mass is 10.2. The Morgan fingerprint density at radius 1 is 1.00 bits per heavy atom. The van der Waals surface area contributed by atoms with E-state index in [1.54, 1.807) is 18.2 Å². The van der Waals surface area contributed by atoms with E-state index in [1.807, 2.05) is 37.3 Å². The Labute approximate surface area is 95.1 Å². The summed E-state index contributed by atoms with van der Waals surface area (Å²) in [4.78, 5) is 0. The zero-order valence-electron chi connectivity index (χ0n) is 9.18. The summed E-state index contributed by atoms with van der Waals surface area (Å²) < 4.78 is 5.51. The second-order valence-corrected chi connectivity index (χ2v) is 3.74. The Bertz CT molecular complexity index is 460. The first-order valence-corrected chi connectivity index (χ1v) is 5.22. The fourth-order valence-corrected chi connectivity index (χ4v) is 1.42. The van der Waals surface area contributed by atoms with Crippen molar-refractivity contribution in [2.45, 2.75) is 13.5 Å². The van der Waals surface area contributed by atoms with Gasteiger partial charge in [0.25, 0.3) is 0 Å². The van der Waals surface area contributed by atoms with Gasteiger partial charge in [0.05, 0.1) is 0 Å². The van der Waals surface area contributed by atoms with E-state index in [0.29, 0.717) is 12.4 Å². The quantitative estimate of drug-likeness (QED) is 0.849. The van der Waals surface area contributed by atoms with Crippen LogP contribution in [-0.2, 0) is 6.61 Å². The molecule has 2 nitrogen and oxygen atoms in total. The van der Waals surface area contributed by atoms with Gasteiger partial charge in [0.2, 0.25) is 0 Å². The van der Waals surface area contributed by atoms with Crippen molar-refractivity contribution in [2.75, 3.05) is 0 Å². The molecule has 0 aliphatic rings. The number of para-hydroxylation sites is 2. The number of benzene rings is 2. The number of aryl methyl sites for hydroxylation is 1. The fourth-order valence-electron chi connectivity index (χ4n) is 1.42. The molecule has 82 valence electrons. The lowest BCUT2D eigenvalue weighted by Crippen LogP contribution is -1.95. The summed E-state index contributed by atoms with van der Waals surface area (Å²) in [6, 6.07) is 15.1. The Kier molecular flexibility index (Phi) is 3.10. The number of phenols is 1. The molecule has 0 atom stereocenters. The van der Waals surface area contributed by atoms with Gasteiger partial charge in [0.1, 0.15) is 6.61 Å². The minimum Gasteiger partial charge on any atom is -0.504 e. The number of hydrogen-bond donors (Lipinski definition) is 1. The molecule has 2 heteroatoms. The van der Waals surface area contributed by atoms with Gasteiger partial charge < -0.3 is 9.84 Å². The molecular formula is C14H14O2. The second-order valence-electron chi connectivity index (χ2n) is 3.74. The van der Waals surface area contributed by atoms with Gasteiger partial charge in [-0.25, -0.2) is 0 Å². The van der Waals surface area contributed by atoms with Crippen LogP contribution in [0.4, 0.5) is 0 Å². The number of hydrogen-bond acceptors (Lipinski definition) is 2. The molecule has 0 radical (unpaired) electrons. The summed E-state index contributed by atoms with van der Waals surface area (Å²) >= 11 is 0. The molecule has 0 fully saturated rings. The lowest BCUT2D eigenvalue weighted by molar-refractivity contribution is 0.289. The van der Waals surface area contributed by atoms with Crippen LogP contribution in [0.15, 0.2) is 48.5 Å². The highest BCUT2D eigenvalue weighted by atomic mass is 16.5. The van der Waals surface area contributed by atoms with Crippen molar-refractivity contribution in [3.63, 3.8) is 0 Å². The highest BCUT2D eigenvalue weighted by Crippen LogP contribution is 2.25. The first kappa shape index (κ1) is 10.6. The van der Waals surface area contributed by atoms with Crippen LogP contribution < -0.4 is 4.74 Å². The summed E-state index contributed by atoms with van der Waals surface area (Å²) in [5.74, 6) is 0.692. The smallest absolute Gasteiger partial charge is 0.161 e. The van der Waals surface area contributed by atoms with Crippen LogP contribution in [0, 0.1) is 6.92 Å². The van der Waals surface area contributed by atoms with Crippen LogP contribution in [0.1, 0.15) is 11.1 Å². The zero-order valence-corrected chi connectivity index (χ0v) is 9.18. The zero-order chi connectivity index (χ0) is 11.4. The standard InChI is InChI=1S/C14H14O2/c1-11-6-8-12(9-7-11)10-16-14-5-3-2-4-13(14)15/h2-9,15H,10H2,1H3. The molecule has 16 heavy (non-hydrogen) atoms. The van der Waals surface area contributed by atoms with Crippen LogP contribution in [0.3, 0.4) is 0 Å². The van der Waals surface area contributed by atoms with Gasteiger partial charge in [-0.1, -0.05) is 42.0 Å². The summed E-state index contributed by atoms with van der Waals surface area (Å²) in [5, 5.41) is 9.51. The molecule has 0 heterocycles. The molecule has 0 spiro atoms. The summed E-state index contributed by atoms with van der Waals surface area (Å²) in [6.45, 7) is 2.52. The number of aromatic hydroxyl groups is 1. The molecule has 2 aromatic rings. The first-order chi connectivity index (χ1) is 7.75. The van der Waals surface area contributed by atoms with E-state index in [2.05, 4.69) is 0 Å². The molecule has 2 aromatic carbocycles. The Balaban J connectivity index is 2.02. The predicted molar refractivity (Wildman–Crippen MR) is 63.6 cm³/mol. The number of rotatable bonds is 3. The monoisotopic (exact) mass is 214 g/mol. The van der Waals surface area contributed by atoms with Crippen molar-refractivity contribution in [3.8, 4) is 11.5 Å². The molecule has 0 saturated heterocycles. The molecule has 0 bridgehead atoms. The van der Waals surface area contributed by atoms with E-state index >= 15 is 0 Å². The molecular weight excluding hydrogens is 200 g/mol. The third-order valence-electron chi connectivity index (χ3n) is 2.38. The first-order valence-electron chi connectivity index (χ1n) is 5.22. The van der Waals surface area contributed by atoms with E-state index in [9.17, 15) is 5.11 Å². The van der Waals surface area contributed by atoms with Gasteiger partial charge in [0, 0.05) is 0 Å². The maximum Gasteiger partial charge on any atom is 0.161 e. The van der Waals surface area contributed by atoms with Crippen LogP contribution in [0.25, 0.3) is 0 Å². The Morgan fingerprint density at radius 3 is 2.38 bits per heavy atom. The largest absolute Gasteiger partial charge is 0.504 e. The SMILES string of the molecule is Cc1ccc(COc2ccccc2O)cc1. The van der Waals surface area contributed by atoms with E-state index < -0.39 is 0 Å². The minimum atomic E-state index is 0.176. The van der Waals surface area contributed by atoms with Gasteiger partial charge in [-0.2, -0.15) is 0 Å². The van der Waals surface area contributed by atoms with Crippen molar-refractivity contribution in [3.05, 3.63) is 59.7 Å². The second kappa shape index (κ2) is 4.71. The Hall–Kier alpha value is -1.96. The van der Waals surface area contributed by atoms with E-state index in [1.165, 1.54) is 5.56 Å². The molecule has 0 aliphatic heterocycles. The van der Waals surface area contributed by atoms with E-state index in [4.69, 9.17) is 4.74 Å². The molecule has 0 unspecified atom stereocenters. The van der Waals surface area contributed by atoms with Gasteiger partial charge in [-0.3, -0.25) is 0 Å². The van der Waals surface area contributed by atoms with Gasteiger partial charge in [-0.15, -0.1) is 0 Å². The molecule has 0 aliphatic carbocycles. The molecule has 1 N–H and O–H groups in total. The van der Waals surface area contributed by atoms with E-state index in [-0.39, 0.29) is 5.75 Å². The van der Waals surface area contributed by atoms with Gasteiger partial charge >= 0.3 is 0 Å². The number of ether oxygens (including phenoxy) is 1. The fraction of sp³-hybridized carbons (Fsp3) is 0.143. The summed E-state index contributed by atoms with van der Waals surface area (Å²) in [5.41, 5.74) is 2.32. The van der Waals surface area contributed by atoms with Gasteiger partial charge in [0.15, 0.2) is 11.5 Å². The molecule has 2 rings (SSSR count). The molecule has 0 amide bonds. The highest BCUT2D eigenvalue weighted by molar-refractivity contribution is 5.38. The average Bonchev–Trinajstić information content (AvgIpc) is 2.30. The lowest BCUT2D eigenvalue weighted by Gasteiger charge is -2.07. The van der Waals surface area contributed by atoms with Crippen LogP contribution in [-0.4, -0.2) is 5.11 Å². The molecule has 0 aromatic heterocycles. The third kappa shape index (κ3) is 2.54. The van der Waals surface area contributed by atoms with Crippen molar-refractivity contribution in [2.24, 2.45) is 0 Å². The minimum absolute atomic E-state index is 0.176. The van der Waals surface area contributed by atoms with Crippen molar-refractivity contribution < 1.29 is 9.84 Å². The van der Waals surface area contributed by atoms with Crippen LogP contribution in [0.5, 0.6) is 11.5 Å². The normalized spacial score (nSPS) is 10.1. The maximum atomic E-state index is 9.51. The van der Waals surface area contributed by atoms with Crippen LogP contribution >= 0.6 is 0 Å². The van der Waals surface area contributed by atoms with Crippen molar-refractivity contribution in [1.29, 1.82) is 0 Å². The van der Waals surface area contributed by atoms with Crippen molar-refractivity contribution in [1.82, 2.24) is 0 Å². The topological polar surface area (TPSA) is 29.5 Å².